The normalized spacial score (nSPS) is 11.8. The van der Waals surface area contributed by atoms with Gasteiger partial charge in [-0.15, -0.1) is 15.3 Å². The molecule has 0 aliphatic carbocycles. The van der Waals surface area contributed by atoms with E-state index >= 15 is 0 Å². The van der Waals surface area contributed by atoms with Crippen LogP contribution in [0.3, 0.4) is 0 Å². The van der Waals surface area contributed by atoms with Crippen LogP contribution < -0.4 is 0 Å². The number of thioether (sulfide) groups is 1. The molecule has 3 rings (SSSR count). The lowest BCUT2D eigenvalue weighted by atomic mass is 10.1. The third-order valence-corrected chi connectivity index (χ3v) is 4.78. The number of rotatable bonds is 4. The fourth-order valence-corrected chi connectivity index (χ4v) is 3.32. The highest BCUT2D eigenvalue weighted by Crippen LogP contribution is 2.36. The monoisotopic (exact) mass is 378 g/mol. The molecule has 0 unspecified atom stereocenters. The van der Waals surface area contributed by atoms with Gasteiger partial charge in [-0.2, -0.15) is 17.9 Å². The number of benzene rings is 1. The standard InChI is InChI=1S/C11H6ClF3N6S2/c12-6-1-2-8(7(3-6)11(13,14)15)21-9(17-19-20-21)4-22-10-18-16-5-23-10/h1-3,5H,4H2. The van der Waals surface area contributed by atoms with E-state index in [0.717, 1.165) is 10.7 Å². The predicted molar refractivity (Wildman–Crippen MR) is 78.6 cm³/mol. The van der Waals surface area contributed by atoms with Gasteiger partial charge in [0.15, 0.2) is 10.2 Å². The van der Waals surface area contributed by atoms with Crippen molar-refractivity contribution in [2.75, 3.05) is 0 Å². The van der Waals surface area contributed by atoms with E-state index in [1.165, 1.54) is 35.2 Å². The van der Waals surface area contributed by atoms with Crippen molar-refractivity contribution < 1.29 is 13.2 Å². The van der Waals surface area contributed by atoms with E-state index in [2.05, 4.69) is 25.7 Å². The zero-order valence-corrected chi connectivity index (χ0v) is 13.4. The topological polar surface area (TPSA) is 69.4 Å². The summed E-state index contributed by atoms with van der Waals surface area (Å²) in [6.45, 7) is 0. The average molecular weight is 379 g/mol. The number of aromatic nitrogens is 6. The van der Waals surface area contributed by atoms with Crippen molar-refractivity contribution in [1.82, 2.24) is 30.4 Å². The van der Waals surface area contributed by atoms with Crippen molar-refractivity contribution in [3.05, 3.63) is 40.1 Å². The molecule has 6 nitrogen and oxygen atoms in total. The molecule has 0 atom stereocenters. The van der Waals surface area contributed by atoms with Crippen molar-refractivity contribution in [2.24, 2.45) is 0 Å². The molecule has 0 radical (unpaired) electrons. The van der Waals surface area contributed by atoms with Crippen molar-refractivity contribution in [1.29, 1.82) is 0 Å². The van der Waals surface area contributed by atoms with Gasteiger partial charge in [-0.05, 0) is 28.6 Å². The molecule has 23 heavy (non-hydrogen) atoms. The van der Waals surface area contributed by atoms with Crippen molar-refractivity contribution in [3.63, 3.8) is 0 Å². The molecule has 0 amide bonds. The van der Waals surface area contributed by atoms with E-state index < -0.39 is 11.7 Å². The molecule has 0 saturated heterocycles. The number of alkyl halides is 3. The van der Waals surface area contributed by atoms with Crippen molar-refractivity contribution >= 4 is 34.7 Å². The maximum atomic E-state index is 13.2. The molecule has 0 bridgehead atoms. The Morgan fingerprint density at radius 1 is 1.26 bits per heavy atom. The lowest BCUT2D eigenvalue weighted by Gasteiger charge is -2.13. The zero-order chi connectivity index (χ0) is 16.4. The molecule has 0 saturated carbocycles. The smallest absolute Gasteiger partial charge is 0.196 e. The highest BCUT2D eigenvalue weighted by molar-refractivity contribution is 8.00. The second-order valence-corrected chi connectivity index (χ2v) is 6.65. The van der Waals surface area contributed by atoms with Crippen LogP contribution in [0.15, 0.2) is 28.0 Å². The molecule has 12 heteroatoms. The van der Waals surface area contributed by atoms with E-state index in [-0.39, 0.29) is 22.3 Å². The minimum atomic E-state index is -4.57. The molecule has 2 aromatic heterocycles. The summed E-state index contributed by atoms with van der Waals surface area (Å²) in [4.78, 5) is 0. The van der Waals surface area contributed by atoms with Crippen LogP contribution in [0.5, 0.6) is 0 Å². The van der Waals surface area contributed by atoms with Crippen LogP contribution in [0.4, 0.5) is 13.2 Å². The zero-order valence-electron chi connectivity index (χ0n) is 11.0. The minimum absolute atomic E-state index is 0.0149. The van der Waals surface area contributed by atoms with Gasteiger partial charge >= 0.3 is 6.18 Å². The maximum absolute atomic E-state index is 13.2. The first-order valence-electron chi connectivity index (χ1n) is 5.98. The number of halogens is 4. The predicted octanol–water partition coefficient (Wildman–Crippen LogP) is 3.48. The first-order chi connectivity index (χ1) is 10.9. The first-order valence-corrected chi connectivity index (χ1v) is 8.23. The SMILES string of the molecule is FC(F)(F)c1cc(Cl)ccc1-n1nnnc1CSc1nncs1. The Bertz CT molecular complexity index is 804. The Morgan fingerprint density at radius 3 is 2.78 bits per heavy atom. The van der Waals surface area contributed by atoms with Gasteiger partial charge in [0.25, 0.3) is 0 Å². The fraction of sp³-hybridized carbons (Fsp3) is 0.182. The third kappa shape index (κ3) is 3.62. The molecule has 0 aliphatic heterocycles. The molecular formula is C11H6ClF3N6S2. The van der Waals surface area contributed by atoms with Crippen molar-refractivity contribution in [2.45, 2.75) is 16.3 Å². The van der Waals surface area contributed by atoms with Gasteiger partial charge in [-0.25, -0.2) is 0 Å². The first kappa shape index (κ1) is 16.1. The van der Waals surface area contributed by atoms with Crippen LogP contribution in [0.1, 0.15) is 11.4 Å². The number of tetrazole rings is 1. The van der Waals surface area contributed by atoms with Gasteiger partial charge < -0.3 is 0 Å². The molecule has 2 heterocycles. The average Bonchev–Trinajstić information content (AvgIpc) is 3.15. The Labute approximate surface area is 140 Å². The minimum Gasteiger partial charge on any atom is -0.196 e. The highest BCUT2D eigenvalue weighted by Gasteiger charge is 2.35. The summed E-state index contributed by atoms with van der Waals surface area (Å²) in [5, 5.41) is 18.4. The molecule has 0 aliphatic rings. The molecule has 0 spiro atoms. The van der Waals surface area contributed by atoms with Gasteiger partial charge in [-0.1, -0.05) is 34.7 Å². The summed E-state index contributed by atoms with van der Waals surface area (Å²) in [7, 11) is 0. The van der Waals surface area contributed by atoms with Crippen LogP contribution >= 0.6 is 34.7 Å². The van der Waals surface area contributed by atoms with Gasteiger partial charge in [0.1, 0.15) is 5.51 Å². The maximum Gasteiger partial charge on any atom is 0.418 e. The van der Waals surface area contributed by atoms with E-state index in [1.54, 1.807) is 5.51 Å². The van der Waals surface area contributed by atoms with Crippen LogP contribution in [0.2, 0.25) is 5.02 Å². The van der Waals surface area contributed by atoms with E-state index in [0.29, 0.717) is 4.34 Å². The summed E-state index contributed by atoms with van der Waals surface area (Å²) < 4.78 is 41.3. The molecule has 1 aromatic carbocycles. The Kier molecular flexibility index (Phi) is 4.50. The van der Waals surface area contributed by atoms with Crippen LogP contribution in [-0.4, -0.2) is 30.4 Å². The van der Waals surface area contributed by atoms with E-state index in [9.17, 15) is 13.2 Å². The molecule has 3 aromatic rings. The summed E-state index contributed by atoms with van der Waals surface area (Å²) >= 11 is 8.28. The summed E-state index contributed by atoms with van der Waals surface area (Å²) in [6, 6.07) is 3.44. The highest BCUT2D eigenvalue weighted by atomic mass is 35.5. The molecule has 0 N–H and O–H groups in total. The van der Waals surface area contributed by atoms with Crippen molar-refractivity contribution in [3.8, 4) is 5.69 Å². The second kappa shape index (κ2) is 6.42. The number of hydrogen-bond acceptors (Lipinski definition) is 7. The lowest BCUT2D eigenvalue weighted by molar-refractivity contribution is -0.137. The summed E-state index contributed by atoms with van der Waals surface area (Å²) in [5.41, 5.74) is 0.478. The number of hydrogen-bond donors (Lipinski definition) is 0. The lowest BCUT2D eigenvalue weighted by Crippen LogP contribution is -2.13. The summed E-state index contributed by atoms with van der Waals surface area (Å²) in [6.07, 6.45) is -4.57. The number of nitrogens with zero attached hydrogens (tertiary/aromatic N) is 6. The van der Waals surface area contributed by atoms with Gasteiger partial charge in [0, 0.05) is 5.02 Å². The molecular weight excluding hydrogens is 373 g/mol. The molecule has 0 fully saturated rings. The largest absolute Gasteiger partial charge is 0.418 e. The Hall–Kier alpha value is -1.72. The van der Waals surface area contributed by atoms with Gasteiger partial charge in [0.2, 0.25) is 0 Å². The second-order valence-electron chi connectivity index (χ2n) is 4.16. The van der Waals surface area contributed by atoms with E-state index in [1.807, 2.05) is 0 Å². The van der Waals surface area contributed by atoms with Crippen LogP contribution in [0, 0.1) is 0 Å². The van der Waals surface area contributed by atoms with Crippen LogP contribution in [-0.2, 0) is 11.9 Å². The van der Waals surface area contributed by atoms with E-state index in [4.69, 9.17) is 11.6 Å². The summed E-state index contributed by atoms with van der Waals surface area (Å²) in [5.74, 6) is 0.514. The Balaban J connectivity index is 1.95. The molecule has 120 valence electrons. The third-order valence-electron chi connectivity index (χ3n) is 2.69. The quantitative estimate of drug-likeness (QED) is 0.647. The van der Waals surface area contributed by atoms with Gasteiger partial charge in [-0.3, -0.25) is 0 Å². The van der Waals surface area contributed by atoms with Crippen LogP contribution in [0.25, 0.3) is 5.69 Å². The Morgan fingerprint density at radius 2 is 2.09 bits per heavy atom. The fourth-order valence-electron chi connectivity index (χ4n) is 1.75. The van der Waals surface area contributed by atoms with Gasteiger partial charge in [0.05, 0.1) is 17.0 Å².